The van der Waals surface area contributed by atoms with Gasteiger partial charge in [0.25, 0.3) is 5.95 Å². The maximum atomic E-state index is 14.5. The van der Waals surface area contributed by atoms with Crippen molar-refractivity contribution in [3.63, 3.8) is 0 Å². The number of halogens is 13. The molecule has 0 bridgehead atoms. The fourth-order valence-electron chi connectivity index (χ4n) is 3.11. The van der Waals surface area contributed by atoms with Crippen LogP contribution in [0.1, 0.15) is 25.2 Å². The molecule has 0 spiro atoms. The number of nitrogens with zero attached hydrogens (tertiary/aromatic N) is 5. The summed E-state index contributed by atoms with van der Waals surface area (Å²) in [6.07, 6.45) is -7.49. The van der Waals surface area contributed by atoms with E-state index in [1.807, 2.05) is 18.7 Å². The van der Waals surface area contributed by atoms with Crippen LogP contribution in [0.5, 0.6) is 0 Å². The molecule has 0 aliphatic carbocycles. The fourth-order valence-corrected chi connectivity index (χ4v) is 3.11. The normalized spacial score (nSPS) is 14.3. The quantitative estimate of drug-likeness (QED) is 0.208. The minimum Gasteiger partial charge on any atom is -0.372 e. The Hall–Kier alpha value is -3.21. The van der Waals surface area contributed by atoms with Crippen LogP contribution in [0.4, 0.5) is 74.4 Å². The number of rotatable bonds is 10. The molecule has 2 rings (SSSR count). The van der Waals surface area contributed by atoms with E-state index in [4.69, 9.17) is 0 Å². The second kappa shape index (κ2) is 10.4. The highest BCUT2D eigenvalue weighted by Gasteiger charge is 2.91. The lowest BCUT2D eigenvalue weighted by Crippen LogP contribution is -2.69. The monoisotopic (exact) mass is 587 g/mol. The number of hydrogen-bond donors (Lipinski definition) is 0. The lowest BCUT2D eigenvalue weighted by Gasteiger charge is -2.39. The first-order chi connectivity index (χ1) is 17.6. The zero-order valence-corrected chi connectivity index (χ0v) is 20.0. The Morgan fingerprint density at radius 1 is 0.667 bits per heavy atom. The molecule has 0 atom stereocenters. The number of anilines is 1. The van der Waals surface area contributed by atoms with Crippen molar-refractivity contribution in [1.82, 2.24) is 9.97 Å². The molecule has 0 aliphatic heterocycles. The predicted octanol–water partition coefficient (Wildman–Crippen LogP) is 8.24. The summed E-state index contributed by atoms with van der Waals surface area (Å²) in [5.41, 5.74) is -2.28. The third-order valence-electron chi connectivity index (χ3n) is 5.33. The van der Waals surface area contributed by atoms with E-state index in [-0.39, 0.29) is 11.8 Å². The van der Waals surface area contributed by atoms with Gasteiger partial charge in [0.15, 0.2) is 0 Å². The molecule has 1 aromatic heterocycles. The van der Waals surface area contributed by atoms with Crippen molar-refractivity contribution in [3.05, 3.63) is 41.7 Å². The molecule has 0 saturated heterocycles. The Labute approximate surface area is 211 Å². The molecule has 1 heterocycles. The van der Waals surface area contributed by atoms with Gasteiger partial charge in [-0.05, 0) is 51.1 Å². The van der Waals surface area contributed by atoms with E-state index in [1.54, 1.807) is 12.1 Å². The van der Waals surface area contributed by atoms with E-state index in [0.717, 1.165) is 12.6 Å². The van der Waals surface area contributed by atoms with Crippen LogP contribution >= 0.6 is 0 Å². The zero-order chi connectivity index (χ0) is 30.2. The van der Waals surface area contributed by atoms with E-state index < -0.39 is 53.1 Å². The highest BCUT2D eigenvalue weighted by Crippen LogP contribution is 2.61. The minimum atomic E-state index is -8.01. The van der Waals surface area contributed by atoms with Crippen molar-refractivity contribution < 1.29 is 57.1 Å². The van der Waals surface area contributed by atoms with E-state index >= 15 is 0 Å². The fraction of sp³-hybridized carbons (Fsp3) is 0.524. The summed E-state index contributed by atoms with van der Waals surface area (Å²) >= 11 is 0. The number of hydrogen-bond acceptors (Lipinski definition) is 5. The Bertz CT molecular complexity index is 1170. The summed E-state index contributed by atoms with van der Waals surface area (Å²) < 4.78 is 175. The van der Waals surface area contributed by atoms with Gasteiger partial charge in [-0.1, -0.05) is 0 Å². The highest BCUT2D eigenvalue weighted by molar-refractivity contribution is 5.52. The molecule has 0 fully saturated rings. The molecule has 218 valence electrons. The molecule has 0 N–H and O–H groups in total. The Morgan fingerprint density at radius 2 is 1.15 bits per heavy atom. The molecule has 0 unspecified atom stereocenters. The Balaban J connectivity index is 2.49. The van der Waals surface area contributed by atoms with Crippen LogP contribution < -0.4 is 4.90 Å². The van der Waals surface area contributed by atoms with E-state index in [9.17, 15) is 57.1 Å². The van der Waals surface area contributed by atoms with Crippen LogP contribution in [-0.4, -0.2) is 52.9 Å². The molecule has 5 nitrogen and oxygen atoms in total. The molecular formula is C21H18F13N5. The van der Waals surface area contributed by atoms with E-state index in [1.165, 1.54) is 12.1 Å². The second-order valence-electron chi connectivity index (χ2n) is 7.95. The molecule has 2 aromatic rings. The topological polar surface area (TPSA) is 53.7 Å². The van der Waals surface area contributed by atoms with Gasteiger partial charge in [-0.2, -0.15) is 57.1 Å². The lowest BCUT2D eigenvalue weighted by atomic mass is 9.92. The van der Waals surface area contributed by atoms with Gasteiger partial charge in [-0.25, -0.2) is 9.97 Å². The van der Waals surface area contributed by atoms with Gasteiger partial charge < -0.3 is 4.90 Å². The molecule has 18 heteroatoms. The minimum absolute atomic E-state index is 0.0511. The van der Waals surface area contributed by atoms with Crippen LogP contribution in [0, 0.1) is 6.92 Å². The van der Waals surface area contributed by atoms with E-state index in [0.29, 0.717) is 13.1 Å². The maximum absolute atomic E-state index is 14.5. The highest BCUT2D eigenvalue weighted by atomic mass is 19.4. The van der Waals surface area contributed by atoms with Crippen molar-refractivity contribution in [2.75, 3.05) is 18.0 Å². The summed E-state index contributed by atoms with van der Waals surface area (Å²) in [5.74, 6) is -39.0. The van der Waals surface area contributed by atoms with E-state index in [2.05, 4.69) is 20.2 Å². The maximum Gasteiger partial charge on any atom is 0.460 e. The van der Waals surface area contributed by atoms with Gasteiger partial charge in [0, 0.05) is 24.5 Å². The standard InChI is InChI=1S/C21H18F13N5/c1-4-39(5-2)13-8-6-12(7-9-13)37-38-15-35-11(3)10-14(36-15)16(22,23)17(24,25)18(26,27)19(28,29)20(30,31)21(32,33)34/h6-10H,4-5H2,1-3H3. The molecule has 1 aromatic carbocycles. The molecule has 0 aliphatic rings. The van der Waals surface area contributed by atoms with Gasteiger partial charge in [-0.15, -0.1) is 10.2 Å². The molecule has 0 amide bonds. The van der Waals surface area contributed by atoms with Crippen molar-refractivity contribution in [3.8, 4) is 0 Å². The van der Waals surface area contributed by atoms with Crippen LogP contribution in [0.2, 0.25) is 0 Å². The van der Waals surface area contributed by atoms with Gasteiger partial charge >= 0.3 is 35.8 Å². The zero-order valence-electron chi connectivity index (χ0n) is 20.0. The van der Waals surface area contributed by atoms with Crippen LogP contribution in [0.25, 0.3) is 0 Å². The van der Waals surface area contributed by atoms with Gasteiger partial charge in [0.05, 0.1) is 5.69 Å². The molecule has 0 radical (unpaired) electrons. The third kappa shape index (κ3) is 5.46. The largest absolute Gasteiger partial charge is 0.460 e. The summed E-state index contributed by atoms with van der Waals surface area (Å²) in [5, 5.41) is 6.86. The Morgan fingerprint density at radius 3 is 1.62 bits per heavy atom. The van der Waals surface area contributed by atoms with Crippen LogP contribution in [0.3, 0.4) is 0 Å². The predicted molar refractivity (Wildman–Crippen MR) is 111 cm³/mol. The third-order valence-corrected chi connectivity index (χ3v) is 5.33. The Kier molecular flexibility index (Phi) is 8.54. The van der Waals surface area contributed by atoms with Crippen molar-refractivity contribution in [2.24, 2.45) is 10.2 Å². The van der Waals surface area contributed by atoms with Crippen LogP contribution in [0.15, 0.2) is 40.6 Å². The lowest BCUT2D eigenvalue weighted by molar-refractivity contribution is -0.442. The van der Waals surface area contributed by atoms with Crippen molar-refractivity contribution in [2.45, 2.75) is 56.6 Å². The van der Waals surface area contributed by atoms with Crippen molar-refractivity contribution in [1.29, 1.82) is 0 Å². The number of aromatic nitrogens is 2. The first-order valence-corrected chi connectivity index (χ1v) is 10.7. The first-order valence-electron chi connectivity index (χ1n) is 10.7. The number of benzene rings is 1. The van der Waals surface area contributed by atoms with Gasteiger partial charge in [0.1, 0.15) is 5.69 Å². The SMILES string of the molecule is CCN(CC)c1ccc(N=Nc2nc(C)cc(C(F)(F)C(F)(F)C(F)(F)C(F)(F)C(F)(F)C(F)(F)F)n2)cc1. The summed E-state index contributed by atoms with van der Waals surface area (Å²) in [6, 6.07) is 5.84. The molecular weight excluding hydrogens is 569 g/mol. The van der Waals surface area contributed by atoms with Gasteiger partial charge in [0.2, 0.25) is 0 Å². The number of alkyl halides is 13. The van der Waals surface area contributed by atoms with Crippen molar-refractivity contribution >= 4 is 17.3 Å². The van der Waals surface area contributed by atoms with Crippen LogP contribution in [-0.2, 0) is 5.92 Å². The average molecular weight is 587 g/mol. The molecule has 39 heavy (non-hydrogen) atoms. The summed E-state index contributed by atoms with van der Waals surface area (Å²) in [4.78, 5) is 8.14. The average Bonchev–Trinajstić information content (AvgIpc) is 2.82. The summed E-state index contributed by atoms with van der Waals surface area (Å²) in [7, 11) is 0. The van der Waals surface area contributed by atoms with Gasteiger partial charge in [-0.3, -0.25) is 0 Å². The number of azo groups is 1. The molecule has 0 saturated carbocycles. The first kappa shape index (κ1) is 32.0. The second-order valence-corrected chi connectivity index (χ2v) is 7.95. The summed E-state index contributed by atoms with van der Waals surface area (Å²) in [6.45, 7) is 5.88. The number of aryl methyl sites for hydroxylation is 1. The smallest absolute Gasteiger partial charge is 0.372 e.